The summed E-state index contributed by atoms with van der Waals surface area (Å²) in [6.07, 6.45) is 1.50. The van der Waals surface area contributed by atoms with Crippen LogP contribution in [0.1, 0.15) is 82.8 Å². The first-order valence-corrected chi connectivity index (χ1v) is 14.9. The molecule has 10 nitrogen and oxygen atoms in total. The van der Waals surface area contributed by atoms with E-state index in [0.717, 1.165) is 0 Å². The third-order valence-electron chi connectivity index (χ3n) is 10.9. The molecule has 1 saturated carbocycles. The summed E-state index contributed by atoms with van der Waals surface area (Å²) in [6, 6.07) is 0. The van der Waals surface area contributed by atoms with E-state index in [4.69, 9.17) is 18.9 Å². The lowest BCUT2D eigenvalue weighted by Crippen LogP contribution is -2.77. The number of rotatable bonds is 7. The number of phenolic OH excluding ortho intramolecular Hbond substituents is 1. The van der Waals surface area contributed by atoms with Crippen molar-refractivity contribution in [1.29, 1.82) is 0 Å². The summed E-state index contributed by atoms with van der Waals surface area (Å²) in [5.41, 5.74) is -5.32. The van der Waals surface area contributed by atoms with Gasteiger partial charge in [0.2, 0.25) is 5.78 Å². The van der Waals surface area contributed by atoms with Gasteiger partial charge in [0.15, 0.2) is 17.0 Å². The predicted octanol–water partition coefficient (Wildman–Crippen LogP) is 4.13. The molecule has 1 spiro atoms. The number of carboxylic acid groups (broad SMARTS) is 1. The van der Waals surface area contributed by atoms with Crippen LogP contribution in [0.25, 0.3) is 0 Å². The number of hydrogen-bond donors (Lipinski definition) is 3. The number of carbonyl (C=O) groups excluding carboxylic acids is 2. The Morgan fingerprint density at radius 2 is 1.86 bits per heavy atom. The van der Waals surface area contributed by atoms with Gasteiger partial charge in [-0.3, -0.25) is 9.59 Å². The normalized spacial score (nSPS) is 34.4. The Labute approximate surface area is 256 Å². The van der Waals surface area contributed by atoms with E-state index in [1.165, 1.54) is 26.2 Å². The molecule has 7 rings (SSSR count). The van der Waals surface area contributed by atoms with Crippen LogP contribution >= 0.6 is 0 Å². The molecule has 3 aliphatic carbocycles. The lowest BCUT2D eigenvalue weighted by Gasteiger charge is -2.59. The molecule has 3 heterocycles. The standard InChI is InChI=1S/C34H40O10/c1-15(2)20(35)12-18-24(36)22-25(37)19-13-32(41-9)14-21-31(7,8)44-33(29(32)40,11-10-16(3)28(38)39)34(19,21)43-27(22)23-26(18)42-17(4)30(23,5)6/h10,13,17,20-21,35-36H,1,11-12,14H2,2-9H3,(H,38,39)/b16-10+/t17-,20+,21-,32-,33-,34+/m1/s1. The Balaban J connectivity index is 1.69. The minimum absolute atomic E-state index is 0.0111. The van der Waals surface area contributed by atoms with E-state index in [2.05, 4.69) is 6.58 Å². The Hall–Kier alpha value is -3.47. The molecule has 6 aliphatic rings. The maximum Gasteiger partial charge on any atom is 0.330 e. The zero-order chi connectivity index (χ0) is 32.5. The molecule has 0 unspecified atom stereocenters. The van der Waals surface area contributed by atoms with Crippen LogP contribution in [-0.2, 0) is 30.9 Å². The lowest BCUT2D eigenvalue weighted by molar-refractivity contribution is -0.190. The van der Waals surface area contributed by atoms with E-state index < -0.39 is 63.5 Å². The highest BCUT2D eigenvalue weighted by molar-refractivity contribution is 6.20. The first-order valence-electron chi connectivity index (χ1n) is 14.9. The monoisotopic (exact) mass is 608 g/mol. The number of ether oxygens (including phenoxy) is 4. The molecule has 10 heteroatoms. The lowest BCUT2D eigenvalue weighted by atomic mass is 9.49. The van der Waals surface area contributed by atoms with Crippen molar-refractivity contribution in [3.8, 4) is 17.2 Å². The Morgan fingerprint density at radius 1 is 1.20 bits per heavy atom. The number of aromatic hydroxyl groups is 1. The smallest absolute Gasteiger partial charge is 0.330 e. The van der Waals surface area contributed by atoms with Gasteiger partial charge in [0.1, 0.15) is 34.5 Å². The van der Waals surface area contributed by atoms with Crippen molar-refractivity contribution in [1.82, 2.24) is 0 Å². The molecule has 3 aliphatic heterocycles. The fourth-order valence-electron chi connectivity index (χ4n) is 8.08. The maximum absolute atomic E-state index is 14.8. The number of carbonyl (C=O) groups is 3. The molecule has 4 bridgehead atoms. The predicted molar refractivity (Wildman–Crippen MR) is 158 cm³/mol. The van der Waals surface area contributed by atoms with Crippen LogP contribution in [0.15, 0.2) is 35.5 Å². The highest BCUT2D eigenvalue weighted by Crippen LogP contribution is 2.70. The Morgan fingerprint density at radius 3 is 2.45 bits per heavy atom. The Kier molecular flexibility index (Phi) is 6.28. The summed E-state index contributed by atoms with van der Waals surface area (Å²) in [6.45, 7) is 16.4. The molecule has 236 valence electrons. The van der Waals surface area contributed by atoms with E-state index in [1.54, 1.807) is 6.92 Å². The van der Waals surface area contributed by atoms with E-state index >= 15 is 0 Å². The van der Waals surface area contributed by atoms with Crippen molar-refractivity contribution in [3.05, 3.63) is 52.1 Å². The number of carboxylic acids is 1. The van der Waals surface area contributed by atoms with Crippen LogP contribution in [0.5, 0.6) is 17.2 Å². The van der Waals surface area contributed by atoms with Gasteiger partial charge in [-0.15, -0.1) is 0 Å². The van der Waals surface area contributed by atoms with Crippen LogP contribution in [0.4, 0.5) is 0 Å². The molecule has 6 atom stereocenters. The molecule has 44 heavy (non-hydrogen) atoms. The molecule has 3 N–H and O–H groups in total. The quantitative estimate of drug-likeness (QED) is 0.305. The second-order valence-electron chi connectivity index (χ2n) is 14.1. The minimum Gasteiger partial charge on any atom is -0.507 e. The van der Waals surface area contributed by atoms with E-state index in [9.17, 15) is 29.7 Å². The molecule has 0 aromatic heterocycles. The second kappa shape index (κ2) is 9.05. The number of ketones is 2. The SMILES string of the molecule is C=C(C)[C@@H](O)Cc1c(O)c2c(c3c1O[C@H](C)C3(C)C)O[C@@]13C(=C[C@@]4(OC)C[C@@H]1C(C)(C)O[C@]3(C/C=C(\C)C(=O)O)C4=O)C2=O. The molecular formula is C34H40O10. The fourth-order valence-corrected chi connectivity index (χ4v) is 8.08. The number of hydrogen-bond acceptors (Lipinski definition) is 9. The van der Waals surface area contributed by atoms with Crippen LogP contribution < -0.4 is 9.47 Å². The van der Waals surface area contributed by atoms with E-state index in [-0.39, 0.29) is 53.0 Å². The van der Waals surface area contributed by atoms with Crippen molar-refractivity contribution in [3.63, 3.8) is 0 Å². The zero-order valence-corrected chi connectivity index (χ0v) is 26.4. The van der Waals surface area contributed by atoms with Crippen LogP contribution in [0, 0.1) is 5.92 Å². The molecule has 1 aromatic carbocycles. The van der Waals surface area contributed by atoms with E-state index in [1.807, 2.05) is 34.6 Å². The number of Topliss-reactive ketones (excluding diaryl/α,β-unsaturated/α-hetero) is 2. The summed E-state index contributed by atoms with van der Waals surface area (Å²) in [7, 11) is 1.40. The summed E-state index contributed by atoms with van der Waals surface area (Å²) in [4.78, 5) is 41.2. The molecule has 2 fully saturated rings. The van der Waals surface area contributed by atoms with Crippen LogP contribution in [-0.4, -0.2) is 74.6 Å². The summed E-state index contributed by atoms with van der Waals surface area (Å²) >= 11 is 0. The number of aliphatic hydroxyl groups excluding tert-OH is 1. The van der Waals surface area contributed by atoms with Crippen molar-refractivity contribution in [2.24, 2.45) is 5.92 Å². The topological polar surface area (TPSA) is 149 Å². The summed E-state index contributed by atoms with van der Waals surface area (Å²) in [5.74, 6) is -2.64. The van der Waals surface area contributed by atoms with Gasteiger partial charge in [0.05, 0.1) is 11.7 Å². The first-order chi connectivity index (χ1) is 20.3. The highest BCUT2D eigenvalue weighted by Gasteiger charge is 2.84. The first kappa shape index (κ1) is 30.6. The minimum atomic E-state index is -1.81. The zero-order valence-electron chi connectivity index (χ0n) is 26.4. The fraction of sp³-hybridized carbons (Fsp3) is 0.559. The van der Waals surface area contributed by atoms with Gasteiger partial charge in [-0.1, -0.05) is 32.1 Å². The third kappa shape index (κ3) is 3.44. The largest absolute Gasteiger partial charge is 0.507 e. The number of benzene rings is 1. The van der Waals surface area contributed by atoms with Crippen molar-refractivity contribution >= 4 is 17.5 Å². The van der Waals surface area contributed by atoms with Crippen molar-refractivity contribution in [2.45, 2.75) is 108 Å². The van der Waals surface area contributed by atoms with Gasteiger partial charge < -0.3 is 34.3 Å². The van der Waals surface area contributed by atoms with Gasteiger partial charge in [-0.05, 0) is 47.1 Å². The van der Waals surface area contributed by atoms with Crippen molar-refractivity contribution < 1.29 is 48.7 Å². The van der Waals surface area contributed by atoms with Gasteiger partial charge >= 0.3 is 5.97 Å². The third-order valence-corrected chi connectivity index (χ3v) is 10.9. The number of phenols is 1. The number of aliphatic hydroxyl groups is 1. The molecule has 1 saturated heterocycles. The highest BCUT2D eigenvalue weighted by atomic mass is 16.6. The average molecular weight is 609 g/mol. The molecule has 1 aromatic rings. The summed E-state index contributed by atoms with van der Waals surface area (Å²) in [5, 5.41) is 32.2. The van der Waals surface area contributed by atoms with Crippen LogP contribution in [0.2, 0.25) is 0 Å². The van der Waals surface area contributed by atoms with Gasteiger partial charge in [0, 0.05) is 53.6 Å². The molecule has 0 amide bonds. The Bertz CT molecular complexity index is 1630. The number of methoxy groups -OCH3 is 1. The average Bonchev–Trinajstić information content (AvgIpc) is 3.27. The number of fused-ring (bicyclic) bond motifs is 3. The summed E-state index contributed by atoms with van der Waals surface area (Å²) < 4.78 is 26.0. The van der Waals surface area contributed by atoms with Gasteiger partial charge in [-0.2, -0.15) is 0 Å². The maximum atomic E-state index is 14.8. The van der Waals surface area contributed by atoms with Gasteiger partial charge in [-0.25, -0.2) is 4.79 Å². The van der Waals surface area contributed by atoms with Crippen molar-refractivity contribution in [2.75, 3.05) is 7.11 Å². The van der Waals surface area contributed by atoms with Crippen LogP contribution in [0.3, 0.4) is 0 Å². The van der Waals surface area contributed by atoms with Gasteiger partial charge in [0.25, 0.3) is 0 Å². The molecule has 0 radical (unpaired) electrons. The second-order valence-corrected chi connectivity index (χ2v) is 14.1. The van der Waals surface area contributed by atoms with E-state index in [0.29, 0.717) is 16.9 Å². The number of aliphatic carboxylic acids is 1. The molecular weight excluding hydrogens is 568 g/mol.